The van der Waals surface area contributed by atoms with Crippen molar-refractivity contribution in [3.8, 4) is 0 Å². The van der Waals surface area contributed by atoms with Crippen LogP contribution in [0.15, 0.2) is 36.5 Å². The SMILES string of the molecule is CCCCC/C=C\C/C=C\CCCCCCCCCC(=O)OCCCCCCCCCCCCCCCC/C=C\CCCCCCCCCCCCCCCCCCCC(=O)NC(CO)C(O)CCCCCCCCCCCCCCCCCCCC. The zero-order valence-electron chi connectivity index (χ0n) is 59.0. The summed E-state index contributed by atoms with van der Waals surface area (Å²) in [5.41, 5.74) is 0. The molecule has 0 radical (unpaired) electrons. The number of rotatable bonds is 75. The van der Waals surface area contributed by atoms with Crippen molar-refractivity contribution in [2.45, 2.75) is 456 Å². The number of aliphatic hydroxyl groups is 2. The molecule has 0 heterocycles. The third-order valence-corrected chi connectivity index (χ3v) is 18.7. The van der Waals surface area contributed by atoms with Gasteiger partial charge in [-0.2, -0.15) is 0 Å². The van der Waals surface area contributed by atoms with E-state index in [1.54, 1.807) is 0 Å². The van der Waals surface area contributed by atoms with Crippen molar-refractivity contribution in [1.82, 2.24) is 5.32 Å². The normalized spacial score (nSPS) is 12.6. The molecule has 0 aliphatic carbocycles. The van der Waals surface area contributed by atoms with Crippen molar-refractivity contribution in [3.63, 3.8) is 0 Å². The molecule has 0 aromatic carbocycles. The van der Waals surface area contributed by atoms with E-state index < -0.39 is 12.1 Å². The summed E-state index contributed by atoms with van der Waals surface area (Å²) < 4.78 is 5.51. The van der Waals surface area contributed by atoms with Gasteiger partial charge in [0.05, 0.1) is 25.4 Å². The van der Waals surface area contributed by atoms with E-state index in [9.17, 15) is 19.8 Å². The maximum atomic E-state index is 12.5. The predicted octanol–water partition coefficient (Wildman–Crippen LogP) is 26.2. The molecule has 3 N–H and O–H groups in total. The van der Waals surface area contributed by atoms with Crippen LogP contribution >= 0.6 is 0 Å². The molecule has 2 atom stereocenters. The van der Waals surface area contributed by atoms with Crippen LogP contribution in [-0.4, -0.2) is 47.4 Å². The Morgan fingerprint density at radius 2 is 0.575 bits per heavy atom. The molecule has 2 unspecified atom stereocenters. The molecule has 1 amide bonds. The Morgan fingerprint density at radius 1 is 0.322 bits per heavy atom. The molecule has 0 saturated carbocycles. The van der Waals surface area contributed by atoms with Gasteiger partial charge in [-0.25, -0.2) is 0 Å². The first-order valence-electron chi connectivity index (χ1n) is 39.7. The van der Waals surface area contributed by atoms with E-state index in [2.05, 4.69) is 55.6 Å². The standard InChI is InChI=1S/C81H155NO5/c1-3-5-7-9-11-13-15-17-19-21-42-45-49-53-57-61-65-69-73-79(84)78(77-83)82-80(85)74-70-66-62-58-54-50-46-43-39-37-35-33-31-29-27-25-23-22-24-26-28-30-32-34-36-38-40-44-48-52-56-60-64-68-72-76-87-81(86)75-71-67-63-59-55-51-47-41-20-18-16-14-12-10-8-6-4-2/h12,14,18,20,24,26,78-79,83-84H,3-11,13,15-17,19,21-23,25,27-77H2,1-2H3,(H,82,85)/b14-12-,20-18-,26-24-. The van der Waals surface area contributed by atoms with E-state index in [4.69, 9.17) is 4.74 Å². The Labute approximate surface area is 544 Å². The van der Waals surface area contributed by atoms with Crippen molar-refractivity contribution in [1.29, 1.82) is 0 Å². The van der Waals surface area contributed by atoms with Gasteiger partial charge in [-0.15, -0.1) is 0 Å². The number of allylic oxidation sites excluding steroid dienone is 6. The number of carbonyl (C=O) groups excluding carboxylic acids is 2. The van der Waals surface area contributed by atoms with Crippen molar-refractivity contribution < 1.29 is 24.5 Å². The van der Waals surface area contributed by atoms with Crippen molar-refractivity contribution in [3.05, 3.63) is 36.5 Å². The van der Waals surface area contributed by atoms with Crippen LogP contribution in [-0.2, 0) is 14.3 Å². The van der Waals surface area contributed by atoms with Crippen LogP contribution in [0, 0.1) is 0 Å². The molecule has 0 saturated heterocycles. The van der Waals surface area contributed by atoms with Gasteiger partial charge in [0.1, 0.15) is 0 Å². The lowest BCUT2D eigenvalue weighted by molar-refractivity contribution is -0.143. The molecule has 0 aromatic heterocycles. The minimum atomic E-state index is -0.662. The van der Waals surface area contributed by atoms with Crippen molar-refractivity contribution >= 4 is 11.9 Å². The highest BCUT2D eigenvalue weighted by Gasteiger charge is 2.20. The van der Waals surface area contributed by atoms with E-state index in [0.717, 1.165) is 51.4 Å². The van der Waals surface area contributed by atoms with Gasteiger partial charge in [0.15, 0.2) is 0 Å². The number of aliphatic hydroxyl groups excluding tert-OH is 2. The van der Waals surface area contributed by atoms with Crippen LogP contribution in [0.5, 0.6) is 0 Å². The highest BCUT2D eigenvalue weighted by Crippen LogP contribution is 2.20. The molecular formula is C81H155NO5. The second-order valence-electron chi connectivity index (χ2n) is 27.4. The first-order chi connectivity index (χ1) is 43.0. The minimum absolute atomic E-state index is 0.0131. The third kappa shape index (κ3) is 73.0. The summed E-state index contributed by atoms with van der Waals surface area (Å²) in [6, 6.07) is -0.539. The fraction of sp³-hybridized carbons (Fsp3) is 0.901. The van der Waals surface area contributed by atoms with Gasteiger partial charge in [-0.05, 0) is 83.5 Å². The number of carbonyl (C=O) groups is 2. The molecule has 0 bridgehead atoms. The van der Waals surface area contributed by atoms with Crippen LogP contribution in [0.3, 0.4) is 0 Å². The fourth-order valence-corrected chi connectivity index (χ4v) is 12.6. The second-order valence-corrected chi connectivity index (χ2v) is 27.4. The molecule has 6 heteroatoms. The molecule has 0 spiro atoms. The van der Waals surface area contributed by atoms with Gasteiger partial charge in [0, 0.05) is 12.8 Å². The van der Waals surface area contributed by atoms with E-state index in [-0.39, 0.29) is 18.5 Å². The quantitative estimate of drug-likeness (QED) is 0.0320. The highest BCUT2D eigenvalue weighted by molar-refractivity contribution is 5.76. The molecule has 0 aliphatic rings. The number of hydrogen-bond donors (Lipinski definition) is 3. The van der Waals surface area contributed by atoms with Gasteiger partial charge >= 0.3 is 5.97 Å². The van der Waals surface area contributed by atoms with Crippen LogP contribution in [0.2, 0.25) is 0 Å². The number of unbranched alkanes of at least 4 members (excludes halogenated alkanes) is 58. The zero-order chi connectivity index (χ0) is 62.8. The molecule has 6 nitrogen and oxygen atoms in total. The molecule has 0 aromatic rings. The van der Waals surface area contributed by atoms with E-state index in [0.29, 0.717) is 25.9 Å². The summed E-state index contributed by atoms with van der Waals surface area (Å²) in [6.07, 6.45) is 99.5. The first kappa shape index (κ1) is 85.1. The summed E-state index contributed by atoms with van der Waals surface area (Å²) in [4.78, 5) is 24.7. The van der Waals surface area contributed by atoms with Crippen molar-refractivity contribution in [2.75, 3.05) is 13.2 Å². The second kappa shape index (κ2) is 76.5. The zero-order valence-corrected chi connectivity index (χ0v) is 59.0. The molecular weight excluding hydrogens is 1070 g/mol. The number of esters is 1. The summed E-state index contributed by atoms with van der Waals surface area (Å²) in [7, 11) is 0. The maximum Gasteiger partial charge on any atom is 0.305 e. The summed E-state index contributed by atoms with van der Waals surface area (Å²) in [6.45, 7) is 4.97. The molecule has 0 rings (SSSR count). The van der Waals surface area contributed by atoms with Crippen LogP contribution in [0.25, 0.3) is 0 Å². The van der Waals surface area contributed by atoms with Gasteiger partial charge < -0.3 is 20.3 Å². The number of ether oxygens (including phenoxy) is 1. The van der Waals surface area contributed by atoms with E-state index in [1.807, 2.05) is 0 Å². The topological polar surface area (TPSA) is 95.9 Å². The third-order valence-electron chi connectivity index (χ3n) is 18.7. The Kier molecular flexibility index (Phi) is 74.8. The van der Waals surface area contributed by atoms with E-state index >= 15 is 0 Å². The van der Waals surface area contributed by atoms with E-state index in [1.165, 1.54) is 360 Å². The van der Waals surface area contributed by atoms with Crippen molar-refractivity contribution in [2.24, 2.45) is 0 Å². The largest absolute Gasteiger partial charge is 0.466 e. The summed E-state index contributed by atoms with van der Waals surface area (Å²) in [5.74, 6) is -0.0140. The monoisotopic (exact) mass is 1220 g/mol. The number of amides is 1. The Balaban J connectivity index is 3.34. The lowest BCUT2D eigenvalue weighted by Gasteiger charge is -2.22. The molecule has 87 heavy (non-hydrogen) atoms. The Morgan fingerprint density at radius 3 is 0.908 bits per heavy atom. The number of hydrogen-bond acceptors (Lipinski definition) is 5. The van der Waals surface area contributed by atoms with Gasteiger partial charge in [-0.3, -0.25) is 9.59 Å². The van der Waals surface area contributed by atoms with Gasteiger partial charge in [-0.1, -0.05) is 384 Å². The highest BCUT2D eigenvalue weighted by atomic mass is 16.5. The predicted molar refractivity (Wildman–Crippen MR) is 384 cm³/mol. The van der Waals surface area contributed by atoms with Crippen LogP contribution in [0.4, 0.5) is 0 Å². The lowest BCUT2D eigenvalue weighted by atomic mass is 10.0. The maximum absolute atomic E-state index is 12.5. The summed E-state index contributed by atoms with van der Waals surface area (Å²) >= 11 is 0. The smallest absolute Gasteiger partial charge is 0.305 e. The fourth-order valence-electron chi connectivity index (χ4n) is 12.6. The number of nitrogens with one attached hydrogen (secondary N) is 1. The molecule has 0 fully saturated rings. The van der Waals surface area contributed by atoms with Gasteiger partial charge in [0.2, 0.25) is 5.91 Å². The Hall–Kier alpha value is -1.92. The van der Waals surface area contributed by atoms with Crippen LogP contribution in [0.1, 0.15) is 444 Å². The van der Waals surface area contributed by atoms with Gasteiger partial charge in [0.25, 0.3) is 0 Å². The first-order valence-corrected chi connectivity index (χ1v) is 39.7. The minimum Gasteiger partial charge on any atom is -0.466 e. The Bertz CT molecular complexity index is 1410. The average Bonchev–Trinajstić information content (AvgIpc) is 3.53. The summed E-state index contributed by atoms with van der Waals surface area (Å²) in [5, 5.41) is 23.4. The van der Waals surface area contributed by atoms with Crippen LogP contribution < -0.4 is 5.32 Å². The average molecular weight is 1220 g/mol. The molecule has 0 aliphatic heterocycles. The lowest BCUT2D eigenvalue weighted by Crippen LogP contribution is -2.45. The molecule has 514 valence electrons.